The van der Waals surface area contributed by atoms with Gasteiger partial charge in [0.05, 0.1) is 32.8 Å². The van der Waals surface area contributed by atoms with E-state index in [0.29, 0.717) is 0 Å². The highest BCUT2D eigenvalue weighted by Crippen LogP contribution is 2.57. The molecule has 0 radical (unpaired) electrons. The van der Waals surface area contributed by atoms with Gasteiger partial charge in [-0.1, -0.05) is 308 Å². The molecular weight excluding hydrogens is 1190 g/mol. The van der Waals surface area contributed by atoms with Crippen molar-refractivity contribution < 1.29 is 0 Å². The Kier molecular flexibility index (Phi) is 13.7. The summed E-state index contributed by atoms with van der Waals surface area (Å²) in [5.41, 5.74) is 30.6. The van der Waals surface area contributed by atoms with Crippen LogP contribution in [0.5, 0.6) is 0 Å². The summed E-state index contributed by atoms with van der Waals surface area (Å²) in [5, 5.41) is 4.93. The number of benzene rings is 14. The maximum Gasteiger partial charge on any atom is 0.252 e. The summed E-state index contributed by atoms with van der Waals surface area (Å²) in [4.78, 5) is 5.46. The minimum absolute atomic E-state index is 0.0350. The van der Waals surface area contributed by atoms with Gasteiger partial charge in [0.1, 0.15) is 0 Å². The summed E-state index contributed by atoms with van der Waals surface area (Å²) >= 11 is 1.93. The maximum atomic E-state index is 2.75. The lowest BCUT2D eigenvalue weighted by molar-refractivity contribution is 0.590. The third-order valence-corrected chi connectivity index (χ3v) is 21.7. The largest absolute Gasteiger partial charge is 0.310 e. The van der Waals surface area contributed by atoms with E-state index in [9.17, 15) is 0 Å². The summed E-state index contributed by atoms with van der Waals surface area (Å²) < 4.78 is 5.02. The third-order valence-electron chi connectivity index (χ3n) is 20.5. The summed E-state index contributed by atoms with van der Waals surface area (Å²) in [6, 6.07) is 120. The van der Waals surface area contributed by atoms with E-state index >= 15 is 0 Å². The molecule has 2 aromatic heterocycles. The average molecular weight is 1260 g/mol. The van der Waals surface area contributed by atoms with E-state index in [1.807, 2.05) is 11.3 Å². The van der Waals surface area contributed by atoms with Gasteiger partial charge in [0.25, 0.3) is 6.71 Å². The van der Waals surface area contributed by atoms with Crippen molar-refractivity contribution in [3.8, 4) is 72.4 Å². The standard InChI is InChI=1S/C92H70BN3S/c1-91(2,3)65-49-45-63(46-50-65)70-40-26-41-71(64-47-51-66(52-48-64)92(4,5)6)88(70)96-82-54-53-67(94-80-42-22-19-35-72(80)73-36-20-23-43-81(73)94)55-78(82)93-79-56-75(61-31-15-9-16-32-61)76(62-33-17-10-18-34-62)57-83(79)95(84-58-77-74-37-21-24-44-85(74)97-90(77)89(96)86(84)93)87-68(59-27-11-7-12-28-59)38-25-39-69(87)60-29-13-8-14-30-60/h7-58H,1-6H3. The summed E-state index contributed by atoms with van der Waals surface area (Å²) in [7, 11) is 0. The number of hydrogen-bond donors (Lipinski definition) is 0. The van der Waals surface area contributed by atoms with Gasteiger partial charge in [-0.05, 0) is 131 Å². The van der Waals surface area contributed by atoms with Crippen LogP contribution in [-0.2, 0) is 10.8 Å². The van der Waals surface area contributed by atoms with Crippen LogP contribution in [-0.4, -0.2) is 11.3 Å². The van der Waals surface area contributed by atoms with Crippen molar-refractivity contribution in [1.82, 2.24) is 4.57 Å². The van der Waals surface area contributed by atoms with Crippen molar-refractivity contribution >= 4 is 111 Å². The molecule has 0 N–H and O–H groups in total. The second kappa shape index (κ2) is 22.7. The fourth-order valence-electron chi connectivity index (χ4n) is 15.8. The first-order chi connectivity index (χ1) is 47.4. The Bertz CT molecular complexity index is 5570. The number of fused-ring (bicyclic) bond motifs is 11. The van der Waals surface area contributed by atoms with Gasteiger partial charge in [0.15, 0.2) is 0 Å². The van der Waals surface area contributed by atoms with Gasteiger partial charge in [0.2, 0.25) is 0 Å². The van der Waals surface area contributed by atoms with Crippen LogP contribution in [0.2, 0.25) is 0 Å². The normalized spacial score (nSPS) is 12.8. The first-order valence-corrected chi connectivity index (χ1v) is 34.8. The van der Waals surface area contributed by atoms with Crippen molar-refractivity contribution in [3.63, 3.8) is 0 Å². The second-order valence-electron chi connectivity index (χ2n) is 28.3. The van der Waals surface area contributed by atoms with Crippen LogP contribution in [0.25, 0.3) is 114 Å². The van der Waals surface area contributed by atoms with Gasteiger partial charge in [-0.3, -0.25) is 0 Å². The van der Waals surface area contributed by atoms with Gasteiger partial charge < -0.3 is 14.4 Å². The summed E-state index contributed by atoms with van der Waals surface area (Å²) in [6.45, 7) is 13.6. The van der Waals surface area contributed by atoms with Gasteiger partial charge in [0, 0.05) is 71.2 Å². The van der Waals surface area contributed by atoms with E-state index in [1.165, 1.54) is 91.9 Å². The molecule has 5 heteroatoms. The Morgan fingerprint density at radius 3 is 1.20 bits per heavy atom. The first kappa shape index (κ1) is 58.4. The molecule has 0 saturated carbocycles. The Morgan fingerprint density at radius 1 is 0.289 bits per heavy atom. The smallest absolute Gasteiger partial charge is 0.252 e. The predicted octanol–water partition coefficient (Wildman–Crippen LogP) is 23.8. The zero-order chi connectivity index (χ0) is 65.3. The van der Waals surface area contributed by atoms with E-state index < -0.39 is 0 Å². The second-order valence-corrected chi connectivity index (χ2v) is 29.4. The Morgan fingerprint density at radius 2 is 0.701 bits per heavy atom. The first-order valence-electron chi connectivity index (χ1n) is 34.0. The highest BCUT2D eigenvalue weighted by Gasteiger charge is 2.47. The third kappa shape index (κ3) is 9.54. The van der Waals surface area contributed by atoms with Crippen molar-refractivity contribution in [2.24, 2.45) is 0 Å². The zero-order valence-corrected chi connectivity index (χ0v) is 56.2. The number of aromatic nitrogens is 1. The van der Waals surface area contributed by atoms with Crippen molar-refractivity contribution in [2.75, 3.05) is 9.80 Å². The van der Waals surface area contributed by atoms with E-state index in [1.54, 1.807) is 0 Å². The van der Waals surface area contributed by atoms with Gasteiger partial charge in [-0.15, -0.1) is 11.3 Å². The summed E-state index contributed by atoms with van der Waals surface area (Å²) in [6.07, 6.45) is 0. The molecule has 97 heavy (non-hydrogen) atoms. The molecule has 4 heterocycles. The molecule has 2 aliphatic heterocycles. The van der Waals surface area contributed by atoms with Crippen molar-refractivity contribution in [2.45, 2.75) is 52.4 Å². The number of hydrogen-bond acceptors (Lipinski definition) is 3. The predicted molar refractivity (Wildman–Crippen MR) is 418 cm³/mol. The number of rotatable bonds is 9. The molecule has 18 rings (SSSR count). The van der Waals surface area contributed by atoms with Gasteiger partial charge in [-0.25, -0.2) is 0 Å². The molecule has 0 amide bonds. The molecule has 0 aliphatic carbocycles. The highest BCUT2D eigenvalue weighted by molar-refractivity contribution is 7.26. The fraction of sp³-hybridized carbons (Fsp3) is 0.0870. The minimum atomic E-state index is -0.283. The average Bonchev–Trinajstić information content (AvgIpc) is 1.61. The number of para-hydroxylation sites is 4. The van der Waals surface area contributed by atoms with Gasteiger partial charge in [-0.2, -0.15) is 0 Å². The Labute approximate surface area is 572 Å². The molecule has 0 atom stereocenters. The van der Waals surface area contributed by atoms with E-state index in [4.69, 9.17) is 0 Å². The van der Waals surface area contributed by atoms with Crippen LogP contribution >= 0.6 is 11.3 Å². The quantitative estimate of drug-likeness (QED) is 0.133. The molecule has 0 bridgehead atoms. The van der Waals surface area contributed by atoms with Gasteiger partial charge >= 0.3 is 0 Å². The minimum Gasteiger partial charge on any atom is -0.310 e. The molecule has 0 fully saturated rings. The van der Waals surface area contributed by atoms with Crippen LogP contribution in [0, 0.1) is 0 Å². The lowest BCUT2D eigenvalue weighted by Crippen LogP contribution is -2.61. The SMILES string of the molecule is CC(C)(C)c1ccc(-c2cccc(-c3ccc(C(C)(C)C)cc3)c2N2c3ccc(-n4c5ccccc5c5ccccc54)cc3B3c4cc(-c5ccccc5)c(-c5ccccc5)cc4N(c4c(-c5ccccc5)cccc4-c4ccccc4)c4cc5c(sc6ccccc65)c2c43)cc1. The molecule has 2 aliphatic rings. The van der Waals surface area contributed by atoms with Crippen molar-refractivity contribution in [3.05, 3.63) is 327 Å². The topological polar surface area (TPSA) is 11.4 Å². The van der Waals surface area contributed by atoms with Crippen LogP contribution in [0.3, 0.4) is 0 Å². The lowest BCUT2D eigenvalue weighted by Gasteiger charge is -2.46. The van der Waals surface area contributed by atoms with Crippen molar-refractivity contribution in [1.29, 1.82) is 0 Å². The molecule has 0 saturated heterocycles. The number of anilines is 6. The van der Waals surface area contributed by atoms with E-state index in [0.717, 1.165) is 84.2 Å². The van der Waals surface area contributed by atoms with Crippen LogP contribution in [0.15, 0.2) is 315 Å². The summed E-state index contributed by atoms with van der Waals surface area (Å²) in [5.74, 6) is 0. The Hall–Kier alpha value is -11.2. The monoisotopic (exact) mass is 1260 g/mol. The molecular formula is C92H70BN3S. The highest BCUT2D eigenvalue weighted by atomic mass is 32.1. The number of thiophene rings is 1. The molecule has 3 nitrogen and oxygen atoms in total. The zero-order valence-electron chi connectivity index (χ0n) is 55.3. The molecule has 16 aromatic rings. The molecule has 0 unspecified atom stereocenters. The molecule has 0 spiro atoms. The number of nitrogens with zero attached hydrogens (tertiary/aromatic N) is 3. The van der Waals surface area contributed by atoms with Crippen LogP contribution in [0.4, 0.5) is 34.1 Å². The van der Waals surface area contributed by atoms with Crippen LogP contribution < -0.4 is 26.2 Å². The van der Waals surface area contributed by atoms with Crippen LogP contribution in [0.1, 0.15) is 52.7 Å². The lowest BCUT2D eigenvalue weighted by atomic mass is 9.33. The molecule has 462 valence electrons. The Balaban J connectivity index is 1.06. The fourth-order valence-corrected chi connectivity index (χ4v) is 17.1. The van der Waals surface area contributed by atoms with E-state index in [2.05, 4.69) is 371 Å². The maximum absolute atomic E-state index is 2.75. The molecule has 14 aromatic carbocycles. The van der Waals surface area contributed by atoms with E-state index in [-0.39, 0.29) is 17.5 Å².